The van der Waals surface area contributed by atoms with Gasteiger partial charge in [0.05, 0.1) is 6.61 Å². The third-order valence-corrected chi connectivity index (χ3v) is 4.88. The topological polar surface area (TPSA) is 76.7 Å². The molecule has 0 unspecified atom stereocenters. The standard InChI is InChI=1S/C23H28N2O4/c1-2-28-20-14-10-19(11-15-20)24-22(26)16-29-21-12-8-17(9-13-21)23(27)25-18-6-4-3-5-7-18/h8-15,18H,2-7,16H2,1H3,(H,24,26)(H,25,27). The molecule has 0 heterocycles. The zero-order valence-electron chi connectivity index (χ0n) is 16.8. The van der Waals surface area contributed by atoms with Crippen LogP contribution in [-0.4, -0.2) is 31.1 Å². The van der Waals surface area contributed by atoms with Gasteiger partial charge in [-0.3, -0.25) is 9.59 Å². The van der Waals surface area contributed by atoms with Crippen LogP contribution in [0.25, 0.3) is 0 Å². The molecule has 2 aromatic rings. The number of nitrogens with one attached hydrogen (secondary N) is 2. The van der Waals surface area contributed by atoms with E-state index in [1.165, 1.54) is 19.3 Å². The van der Waals surface area contributed by atoms with Crippen molar-refractivity contribution in [1.29, 1.82) is 0 Å². The van der Waals surface area contributed by atoms with Gasteiger partial charge in [0.2, 0.25) is 0 Å². The number of carbonyl (C=O) groups excluding carboxylic acids is 2. The monoisotopic (exact) mass is 396 g/mol. The first-order chi connectivity index (χ1) is 14.1. The molecule has 0 atom stereocenters. The molecule has 1 fully saturated rings. The molecule has 3 rings (SSSR count). The molecule has 1 saturated carbocycles. The van der Waals surface area contributed by atoms with Crippen molar-refractivity contribution in [3.05, 3.63) is 54.1 Å². The van der Waals surface area contributed by atoms with Gasteiger partial charge in [0.1, 0.15) is 11.5 Å². The maximum atomic E-state index is 12.3. The molecule has 29 heavy (non-hydrogen) atoms. The average molecular weight is 396 g/mol. The molecule has 2 amide bonds. The maximum Gasteiger partial charge on any atom is 0.262 e. The van der Waals surface area contributed by atoms with Crippen molar-refractivity contribution in [1.82, 2.24) is 5.32 Å². The number of anilines is 1. The number of hydrogen-bond donors (Lipinski definition) is 2. The quantitative estimate of drug-likeness (QED) is 0.702. The van der Waals surface area contributed by atoms with Gasteiger partial charge in [0.25, 0.3) is 11.8 Å². The highest BCUT2D eigenvalue weighted by Crippen LogP contribution is 2.19. The first kappa shape index (κ1) is 20.7. The summed E-state index contributed by atoms with van der Waals surface area (Å²) in [5.41, 5.74) is 1.28. The largest absolute Gasteiger partial charge is 0.494 e. The molecule has 0 aromatic heterocycles. The van der Waals surface area contributed by atoms with Gasteiger partial charge in [-0.1, -0.05) is 19.3 Å². The Morgan fingerprint density at radius 3 is 2.17 bits per heavy atom. The van der Waals surface area contributed by atoms with E-state index in [0.717, 1.165) is 18.6 Å². The van der Waals surface area contributed by atoms with E-state index in [2.05, 4.69) is 10.6 Å². The van der Waals surface area contributed by atoms with Crippen molar-refractivity contribution >= 4 is 17.5 Å². The highest BCUT2D eigenvalue weighted by Gasteiger charge is 2.16. The summed E-state index contributed by atoms with van der Waals surface area (Å²) in [6.45, 7) is 2.41. The average Bonchev–Trinajstić information content (AvgIpc) is 2.75. The van der Waals surface area contributed by atoms with Gasteiger partial charge in [-0.15, -0.1) is 0 Å². The Balaban J connectivity index is 1.44. The SMILES string of the molecule is CCOc1ccc(NC(=O)COc2ccc(C(=O)NC3CCCCC3)cc2)cc1. The Kier molecular flexibility index (Phi) is 7.50. The molecule has 0 spiro atoms. The van der Waals surface area contributed by atoms with Crippen molar-refractivity contribution in [2.45, 2.75) is 45.1 Å². The van der Waals surface area contributed by atoms with E-state index in [4.69, 9.17) is 9.47 Å². The first-order valence-corrected chi connectivity index (χ1v) is 10.2. The minimum atomic E-state index is -0.256. The number of hydrogen-bond acceptors (Lipinski definition) is 4. The van der Waals surface area contributed by atoms with Crippen LogP contribution in [-0.2, 0) is 4.79 Å². The lowest BCUT2D eigenvalue weighted by Crippen LogP contribution is -2.36. The van der Waals surface area contributed by atoms with E-state index in [1.54, 1.807) is 48.5 Å². The third-order valence-electron chi connectivity index (χ3n) is 4.88. The molecule has 2 N–H and O–H groups in total. The molecule has 6 nitrogen and oxygen atoms in total. The highest BCUT2D eigenvalue weighted by atomic mass is 16.5. The fourth-order valence-corrected chi connectivity index (χ4v) is 3.37. The molecule has 0 aliphatic heterocycles. The Labute approximate surface area is 171 Å². The predicted molar refractivity (Wildman–Crippen MR) is 113 cm³/mol. The number of carbonyl (C=O) groups is 2. The van der Waals surface area contributed by atoms with Gasteiger partial charge in [0.15, 0.2) is 6.61 Å². The Hall–Kier alpha value is -3.02. The van der Waals surface area contributed by atoms with E-state index >= 15 is 0 Å². The normalized spacial score (nSPS) is 14.1. The highest BCUT2D eigenvalue weighted by molar-refractivity contribution is 5.94. The molecule has 0 saturated heterocycles. The van der Waals surface area contributed by atoms with Crippen LogP contribution in [0.1, 0.15) is 49.4 Å². The summed E-state index contributed by atoms with van der Waals surface area (Å²) in [6, 6.07) is 14.3. The second kappa shape index (κ2) is 10.5. The Morgan fingerprint density at radius 1 is 0.897 bits per heavy atom. The lowest BCUT2D eigenvalue weighted by molar-refractivity contribution is -0.118. The first-order valence-electron chi connectivity index (χ1n) is 10.2. The summed E-state index contributed by atoms with van der Waals surface area (Å²) < 4.78 is 10.9. The fraction of sp³-hybridized carbons (Fsp3) is 0.391. The van der Waals surface area contributed by atoms with Gasteiger partial charge in [-0.2, -0.15) is 0 Å². The predicted octanol–water partition coefficient (Wildman–Crippen LogP) is 4.17. The van der Waals surface area contributed by atoms with E-state index in [-0.39, 0.29) is 24.5 Å². The van der Waals surface area contributed by atoms with Crippen molar-refractivity contribution < 1.29 is 19.1 Å². The summed E-state index contributed by atoms with van der Waals surface area (Å²) in [6.07, 6.45) is 5.71. The van der Waals surface area contributed by atoms with Crippen molar-refractivity contribution in [3.8, 4) is 11.5 Å². The summed E-state index contributed by atoms with van der Waals surface area (Å²) in [5.74, 6) is 0.986. The molecular formula is C23H28N2O4. The van der Waals surface area contributed by atoms with Crippen LogP contribution in [0.5, 0.6) is 11.5 Å². The van der Waals surface area contributed by atoms with Gasteiger partial charge in [0, 0.05) is 17.3 Å². The smallest absolute Gasteiger partial charge is 0.262 e. The summed E-state index contributed by atoms with van der Waals surface area (Å²) in [5, 5.41) is 5.86. The second-order valence-electron chi connectivity index (χ2n) is 7.13. The number of ether oxygens (including phenoxy) is 2. The zero-order valence-corrected chi connectivity index (χ0v) is 16.8. The summed E-state index contributed by atoms with van der Waals surface area (Å²) in [7, 11) is 0. The fourth-order valence-electron chi connectivity index (χ4n) is 3.37. The molecule has 0 bridgehead atoms. The lowest BCUT2D eigenvalue weighted by atomic mass is 9.95. The molecule has 6 heteroatoms. The van der Waals surface area contributed by atoms with E-state index in [1.807, 2.05) is 6.92 Å². The molecule has 0 radical (unpaired) electrons. The summed E-state index contributed by atoms with van der Waals surface area (Å²) in [4.78, 5) is 24.4. The number of rotatable bonds is 8. The molecule has 2 aromatic carbocycles. The molecule has 154 valence electrons. The van der Waals surface area contributed by atoms with Gasteiger partial charge in [-0.25, -0.2) is 0 Å². The zero-order chi connectivity index (χ0) is 20.5. The number of amides is 2. The van der Waals surface area contributed by atoms with Gasteiger partial charge in [-0.05, 0) is 68.3 Å². The van der Waals surface area contributed by atoms with E-state index in [0.29, 0.717) is 23.6 Å². The van der Waals surface area contributed by atoms with Crippen LogP contribution in [0, 0.1) is 0 Å². The third kappa shape index (κ3) is 6.52. The number of benzene rings is 2. The molecule has 1 aliphatic carbocycles. The van der Waals surface area contributed by atoms with E-state index in [9.17, 15) is 9.59 Å². The van der Waals surface area contributed by atoms with Gasteiger partial charge < -0.3 is 20.1 Å². The van der Waals surface area contributed by atoms with Crippen LogP contribution in [0.2, 0.25) is 0 Å². The summed E-state index contributed by atoms with van der Waals surface area (Å²) >= 11 is 0. The van der Waals surface area contributed by atoms with Crippen LogP contribution < -0.4 is 20.1 Å². The van der Waals surface area contributed by atoms with Crippen molar-refractivity contribution in [2.24, 2.45) is 0 Å². The maximum absolute atomic E-state index is 12.3. The minimum Gasteiger partial charge on any atom is -0.494 e. The molecular weight excluding hydrogens is 368 g/mol. The molecule has 1 aliphatic rings. The van der Waals surface area contributed by atoms with Crippen molar-refractivity contribution in [2.75, 3.05) is 18.5 Å². The van der Waals surface area contributed by atoms with Crippen LogP contribution in [0.4, 0.5) is 5.69 Å². The van der Waals surface area contributed by atoms with Crippen LogP contribution in [0.15, 0.2) is 48.5 Å². The van der Waals surface area contributed by atoms with Crippen LogP contribution >= 0.6 is 0 Å². The van der Waals surface area contributed by atoms with Gasteiger partial charge >= 0.3 is 0 Å². The minimum absolute atomic E-state index is 0.0586. The Bertz CT molecular complexity index is 797. The Morgan fingerprint density at radius 2 is 1.52 bits per heavy atom. The van der Waals surface area contributed by atoms with Crippen LogP contribution in [0.3, 0.4) is 0 Å². The van der Waals surface area contributed by atoms with Crippen molar-refractivity contribution in [3.63, 3.8) is 0 Å². The van der Waals surface area contributed by atoms with E-state index < -0.39 is 0 Å². The lowest BCUT2D eigenvalue weighted by Gasteiger charge is -2.22. The second-order valence-corrected chi connectivity index (χ2v) is 7.13.